The fourth-order valence-corrected chi connectivity index (χ4v) is 3.58. The molecular formula is C23H30N2O5. The Balaban J connectivity index is 1.71. The number of carbonyl (C=O) groups excluding carboxylic acids is 1. The van der Waals surface area contributed by atoms with Crippen LogP contribution in [0.2, 0.25) is 0 Å². The minimum Gasteiger partial charge on any atom is -0.497 e. The van der Waals surface area contributed by atoms with Crippen LogP contribution in [0.5, 0.6) is 17.2 Å². The zero-order chi connectivity index (χ0) is 21.5. The maximum atomic E-state index is 12.5. The van der Waals surface area contributed by atoms with Gasteiger partial charge < -0.3 is 29.1 Å². The molecule has 3 rings (SSSR count). The lowest BCUT2D eigenvalue weighted by Crippen LogP contribution is -2.41. The van der Waals surface area contributed by atoms with Crippen molar-refractivity contribution in [3.05, 3.63) is 48.0 Å². The fraction of sp³-hybridized carbons (Fsp3) is 0.435. The van der Waals surface area contributed by atoms with Crippen LogP contribution < -0.4 is 19.1 Å². The number of aliphatic hydroxyl groups is 1. The molecule has 7 heteroatoms. The summed E-state index contributed by atoms with van der Waals surface area (Å²) in [5.41, 5.74) is 2.01. The smallest absolute Gasteiger partial charge is 0.224 e. The molecule has 0 saturated heterocycles. The van der Waals surface area contributed by atoms with Gasteiger partial charge in [0, 0.05) is 38.3 Å². The molecule has 1 N–H and O–H groups in total. The molecule has 162 valence electrons. The van der Waals surface area contributed by atoms with Gasteiger partial charge in [-0.05, 0) is 55.0 Å². The van der Waals surface area contributed by atoms with E-state index in [2.05, 4.69) is 4.90 Å². The number of carbonyl (C=O) groups is 1. The lowest BCUT2D eigenvalue weighted by atomic mass is 10.1. The molecule has 1 atom stereocenters. The Morgan fingerprint density at radius 1 is 1.00 bits per heavy atom. The molecular weight excluding hydrogens is 384 g/mol. The van der Waals surface area contributed by atoms with Gasteiger partial charge in [0.15, 0.2) is 0 Å². The number of anilines is 1. The molecule has 1 amide bonds. The molecule has 0 spiro atoms. The Morgan fingerprint density at radius 2 is 1.67 bits per heavy atom. The summed E-state index contributed by atoms with van der Waals surface area (Å²) in [6.07, 6.45) is -0.301. The fourth-order valence-electron chi connectivity index (χ4n) is 3.58. The van der Waals surface area contributed by atoms with Crippen molar-refractivity contribution in [2.24, 2.45) is 0 Å². The van der Waals surface area contributed by atoms with Gasteiger partial charge in [0.05, 0.1) is 14.2 Å². The first kappa shape index (κ1) is 21.8. The minimum absolute atomic E-state index is 0.111. The standard InChI is InChI=1S/C23H30N2O5/c1-4-24-14-17-13-21(29-3)9-10-22(17)25(12-11-23(24)27)15-18(26)16-30-20-7-5-19(28-2)6-8-20/h5-10,13,18,26H,4,11-12,14-16H2,1-3H3. The van der Waals surface area contributed by atoms with E-state index < -0.39 is 6.10 Å². The van der Waals surface area contributed by atoms with Crippen molar-refractivity contribution in [1.29, 1.82) is 0 Å². The lowest BCUT2D eigenvalue weighted by molar-refractivity contribution is -0.131. The number of β-amino-alcohol motifs (C(OH)–C–C–N with tert-alkyl or cyclic N) is 1. The maximum absolute atomic E-state index is 12.5. The Hall–Kier alpha value is -2.93. The summed E-state index contributed by atoms with van der Waals surface area (Å²) in [5, 5.41) is 10.6. The van der Waals surface area contributed by atoms with Gasteiger partial charge in [-0.15, -0.1) is 0 Å². The van der Waals surface area contributed by atoms with Gasteiger partial charge in [-0.25, -0.2) is 0 Å². The monoisotopic (exact) mass is 414 g/mol. The third kappa shape index (κ3) is 5.36. The second kappa shape index (κ2) is 10.2. The van der Waals surface area contributed by atoms with Gasteiger partial charge >= 0.3 is 0 Å². The van der Waals surface area contributed by atoms with Gasteiger partial charge in [-0.2, -0.15) is 0 Å². The molecule has 1 heterocycles. The summed E-state index contributed by atoms with van der Waals surface area (Å²) >= 11 is 0. The number of ether oxygens (including phenoxy) is 3. The molecule has 2 aromatic carbocycles. The number of hydrogen-bond acceptors (Lipinski definition) is 6. The first-order chi connectivity index (χ1) is 14.5. The van der Waals surface area contributed by atoms with Crippen LogP contribution in [0.15, 0.2) is 42.5 Å². The highest BCUT2D eigenvalue weighted by Gasteiger charge is 2.24. The van der Waals surface area contributed by atoms with Crippen molar-refractivity contribution in [3.63, 3.8) is 0 Å². The predicted octanol–water partition coefficient (Wildman–Crippen LogP) is 2.70. The Kier molecular flexibility index (Phi) is 7.41. The molecule has 0 radical (unpaired) electrons. The van der Waals surface area contributed by atoms with Gasteiger partial charge in [0.2, 0.25) is 5.91 Å². The number of benzene rings is 2. The van der Waals surface area contributed by atoms with E-state index >= 15 is 0 Å². The molecule has 1 aliphatic rings. The van der Waals surface area contributed by atoms with Crippen LogP contribution in [0.3, 0.4) is 0 Å². The quantitative estimate of drug-likeness (QED) is 0.716. The van der Waals surface area contributed by atoms with E-state index in [0.717, 1.165) is 22.7 Å². The number of nitrogens with zero attached hydrogens (tertiary/aromatic N) is 2. The molecule has 2 aromatic rings. The number of fused-ring (bicyclic) bond motifs is 1. The van der Waals surface area contributed by atoms with Crippen LogP contribution in [-0.2, 0) is 11.3 Å². The SMILES string of the molecule is CCN1Cc2cc(OC)ccc2N(CC(O)COc2ccc(OC)cc2)CCC1=O. The Morgan fingerprint density at radius 3 is 2.33 bits per heavy atom. The third-order valence-corrected chi connectivity index (χ3v) is 5.25. The van der Waals surface area contributed by atoms with Crippen LogP contribution in [-0.4, -0.2) is 62.5 Å². The number of aliphatic hydroxyl groups excluding tert-OH is 1. The van der Waals surface area contributed by atoms with Crippen molar-refractivity contribution < 1.29 is 24.1 Å². The highest BCUT2D eigenvalue weighted by atomic mass is 16.5. The molecule has 0 fully saturated rings. The normalized spacial score (nSPS) is 15.1. The summed E-state index contributed by atoms with van der Waals surface area (Å²) in [6.45, 7) is 4.23. The average Bonchev–Trinajstić information content (AvgIpc) is 2.77. The zero-order valence-corrected chi connectivity index (χ0v) is 17.8. The van der Waals surface area contributed by atoms with E-state index in [-0.39, 0.29) is 12.5 Å². The van der Waals surface area contributed by atoms with Gasteiger partial charge in [-0.3, -0.25) is 4.79 Å². The summed E-state index contributed by atoms with van der Waals surface area (Å²) in [6, 6.07) is 13.1. The highest BCUT2D eigenvalue weighted by Crippen LogP contribution is 2.29. The van der Waals surface area contributed by atoms with Crippen LogP contribution in [0, 0.1) is 0 Å². The van der Waals surface area contributed by atoms with Gasteiger partial charge in [-0.1, -0.05) is 0 Å². The molecule has 0 aromatic heterocycles. The van der Waals surface area contributed by atoms with Crippen LogP contribution >= 0.6 is 0 Å². The topological polar surface area (TPSA) is 71.5 Å². The zero-order valence-electron chi connectivity index (χ0n) is 17.8. The second-order valence-corrected chi connectivity index (χ2v) is 7.24. The first-order valence-electron chi connectivity index (χ1n) is 10.2. The molecule has 1 aliphatic heterocycles. The minimum atomic E-state index is -0.709. The van der Waals surface area contributed by atoms with E-state index in [0.29, 0.717) is 38.3 Å². The van der Waals surface area contributed by atoms with Crippen molar-refractivity contribution in [1.82, 2.24) is 4.90 Å². The third-order valence-electron chi connectivity index (χ3n) is 5.25. The summed E-state index contributed by atoms with van der Waals surface area (Å²) in [7, 11) is 3.24. The van der Waals surface area contributed by atoms with Crippen molar-refractivity contribution in [2.45, 2.75) is 26.0 Å². The van der Waals surface area contributed by atoms with Crippen molar-refractivity contribution >= 4 is 11.6 Å². The second-order valence-electron chi connectivity index (χ2n) is 7.24. The van der Waals surface area contributed by atoms with Crippen LogP contribution in [0.25, 0.3) is 0 Å². The van der Waals surface area contributed by atoms with Crippen molar-refractivity contribution in [2.75, 3.05) is 45.4 Å². The number of hydrogen-bond donors (Lipinski definition) is 1. The average molecular weight is 415 g/mol. The summed E-state index contributed by atoms with van der Waals surface area (Å²) < 4.78 is 16.2. The molecule has 0 aliphatic carbocycles. The molecule has 7 nitrogen and oxygen atoms in total. The Labute approximate surface area is 177 Å². The van der Waals surface area contributed by atoms with E-state index in [4.69, 9.17) is 14.2 Å². The molecule has 30 heavy (non-hydrogen) atoms. The van der Waals surface area contributed by atoms with Crippen LogP contribution in [0.4, 0.5) is 5.69 Å². The molecule has 0 bridgehead atoms. The number of amides is 1. The lowest BCUT2D eigenvalue weighted by Gasteiger charge is -2.34. The van der Waals surface area contributed by atoms with E-state index in [1.54, 1.807) is 26.4 Å². The first-order valence-corrected chi connectivity index (χ1v) is 10.2. The van der Waals surface area contributed by atoms with E-state index in [1.165, 1.54) is 0 Å². The van der Waals surface area contributed by atoms with E-state index in [1.807, 2.05) is 42.2 Å². The number of methoxy groups -OCH3 is 2. The van der Waals surface area contributed by atoms with Crippen molar-refractivity contribution in [3.8, 4) is 17.2 Å². The van der Waals surface area contributed by atoms with Gasteiger partial charge in [0.1, 0.15) is 30.0 Å². The predicted molar refractivity (Wildman–Crippen MR) is 115 cm³/mol. The largest absolute Gasteiger partial charge is 0.497 e. The molecule has 0 saturated carbocycles. The molecule has 1 unspecified atom stereocenters. The van der Waals surface area contributed by atoms with E-state index in [9.17, 15) is 9.90 Å². The highest BCUT2D eigenvalue weighted by molar-refractivity contribution is 5.78. The van der Waals surface area contributed by atoms with Crippen LogP contribution in [0.1, 0.15) is 18.9 Å². The maximum Gasteiger partial charge on any atom is 0.224 e. The Bertz CT molecular complexity index is 840. The summed E-state index contributed by atoms with van der Waals surface area (Å²) in [4.78, 5) is 16.4. The number of rotatable bonds is 8. The van der Waals surface area contributed by atoms with Gasteiger partial charge in [0.25, 0.3) is 0 Å². The summed E-state index contributed by atoms with van der Waals surface area (Å²) in [5.74, 6) is 2.28.